The first kappa shape index (κ1) is 25.7. The van der Waals surface area contributed by atoms with Crippen molar-refractivity contribution in [2.45, 2.75) is 43.3 Å². The third-order valence-corrected chi connectivity index (χ3v) is 8.43. The molecule has 2 aliphatic rings. The van der Waals surface area contributed by atoms with Gasteiger partial charge in [0.2, 0.25) is 0 Å². The smallest absolute Gasteiger partial charge is 0.414 e. The highest BCUT2D eigenvalue weighted by Crippen LogP contribution is 2.52. The van der Waals surface area contributed by atoms with Crippen molar-refractivity contribution in [3.05, 3.63) is 34.9 Å². The van der Waals surface area contributed by atoms with E-state index in [1.54, 1.807) is 12.1 Å². The number of esters is 1. The molecule has 16 nitrogen and oxygen atoms in total. The van der Waals surface area contributed by atoms with Crippen molar-refractivity contribution in [2.24, 2.45) is 12.9 Å². The molecule has 0 radical (unpaired) electrons. The molecular formula is C30H33N9O7. The minimum Gasteiger partial charge on any atom is -0.467 e. The summed E-state index contributed by atoms with van der Waals surface area (Å²) in [6.07, 6.45) is 6.17. The monoisotopic (exact) mass is 635 g/mol. The van der Waals surface area contributed by atoms with Crippen LogP contribution in [0.5, 0.6) is 0 Å². The molecule has 2 N–H and O–H groups in total. The van der Waals surface area contributed by atoms with Gasteiger partial charge in [0.15, 0.2) is 17.0 Å². The topological polar surface area (TPSA) is 177 Å². The van der Waals surface area contributed by atoms with Gasteiger partial charge in [-0.3, -0.25) is 14.0 Å². The number of nitrogens with one attached hydrogen (secondary N) is 2. The molecule has 240 valence electrons. The van der Waals surface area contributed by atoms with E-state index in [2.05, 4.69) is 31.4 Å². The fourth-order valence-corrected chi connectivity index (χ4v) is 6.00. The van der Waals surface area contributed by atoms with Gasteiger partial charge in [-0.15, -0.1) is 12.3 Å². The summed E-state index contributed by atoms with van der Waals surface area (Å²) in [5.41, 5.74) is -1.74. The van der Waals surface area contributed by atoms with Gasteiger partial charge in [-0.05, 0) is 31.4 Å². The highest BCUT2D eigenvalue weighted by Gasteiger charge is 2.64. The molecule has 6 rings (SSSR count). The second-order valence-corrected chi connectivity index (χ2v) is 11.0. The first-order valence-corrected chi connectivity index (χ1v) is 14.2. The number of alkyl carbamates (subject to hydrolysis) is 1. The number of rotatable bonds is 7. The Bertz CT molecular complexity index is 2160. The number of ether oxygens (including phenoxy) is 3. The third kappa shape index (κ3) is 4.75. The van der Waals surface area contributed by atoms with E-state index < -0.39 is 54.3 Å². The van der Waals surface area contributed by atoms with Crippen LogP contribution in [0, 0.1) is 18.3 Å². The number of imidazole rings is 1. The molecule has 16 heteroatoms. The number of terminal acetylenes is 1. The highest BCUT2D eigenvalue weighted by atomic mass is 16.5. The van der Waals surface area contributed by atoms with E-state index in [0.717, 1.165) is 4.90 Å². The average molecular weight is 636 g/mol. The summed E-state index contributed by atoms with van der Waals surface area (Å²) in [5.74, 6) is 1.94. The van der Waals surface area contributed by atoms with Gasteiger partial charge >= 0.3 is 23.8 Å². The van der Waals surface area contributed by atoms with Crippen molar-refractivity contribution in [3.63, 3.8) is 0 Å². The van der Waals surface area contributed by atoms with Crippen molar-refractivity contribution in [2.75, 3.05) is 38.6 Å². The lowest BCUT2D eigenvalue weighted by Crippen LogP contribution is -2.33. The lowest BCUT2D eigenvalue weighted by molar-refractivity contribution is -0.146. The Hall–Kier alpha value is -5.59. The minimum absolute atomic E-state index is 0.0123. The number of pyridine rings is 2. The zero-order valence-corrected chi connectivity index (χ0v) is 25.4. The maximum Gasteiger partial charge on any atom is 0.414 e. The summed E-state index contributed by atoms with van der Waals surface area (Å²) in [7, 11) is 5.08. The Morgan fingerprint density at radius 2 is 1.98 bits per heavy atom. The summed E-state index contributed by atoms with van der Waals surface area (Å²) in [5, 5.41) is 10.5. The second-order valence-electron chi connectivity index (χ2n) is 11.0. The molecule has 0 saturated heterocycles. The Balaban J connectivity index is 1.44. The number of amides is 2. The molecule has 4 atom stereocenters. The summed E-state index contributed by atoms with van der Waals surface area (Å²) in [4.78, 5) is 61.3. The van der Waals surface area contributed by atoms with Crippen LogP contribution in [0.15, 0.2) is 29.2 Å². The van der Waals surface area contributed by atoms with E-state index in [9.17, 15) is 19.2 Å². The zero-order chi connectivity index (χ0) is 36.3. The van der Waals surface area contributed by atoms with E-state index >= 15 is 0 Å². The number of aryl methyl sites for hydroxylation is 1. The molecule has 46 heavy (non-hydrogen) atoms. The summed E-state index contributed by atoms with van der Waals surface area (Å²) >= 11 is 0. The van der Waals surface area contributed by atoms with Gasteiger partial charge in [0.25, 0.3) is 0 Å². The van der Waals surface area contributed by atoms with E-state index in [4.69, 9.17) is 26.4 Å². The van der Waals surface area contributed by atoms with Gasteiger partial charge in [-0.2, -0.15) is 5.10 Å². The van der Waals surface area contributed by atoms with Crippen molar-refractivity contribution in [1.29, 1.82) is 0 Å². The predicted octanol–water partition coefficient (Wildman–Crippen LogP) is 2.40. The van der Waals surface area contributed by atoms with Gasteiger partial charge < -0.3 is 24.8 Å². The van der Waals surface area contributed by atoms with E-state index in [1.165, 1.54) is 49.9 Å². The SMILES string of the molecule is [2H]C([2H])([2H])n1c(=O)n([C@@H]2CC[C@@]([2H])(NC(=O)OC)C2)c2cc(Nc3ccc4c(N(C)C(=O)OC)nn([C@@]5(C(=O)OC)C[C@@H]5C#C)c4n3)ncc21. The number of carbonyl (C=O) groups excluding carboxylic acids is 3. The first-order chi connectivity index (χ1) is 23.6. The van der Waals surface area contributed by atoms with Crippen LogP contribution in [-0.2, 0) is 31.5 Å². The van der Waals surface area contributed by atoms with Crippen LogP contribution in [0.1, 0.15) is 37.2 Å². The number of aromatic nitrogens is 6. The normalized spacial score (nSPS) is 25.0. The fraction of sp³-hybridized carbons (Fsp3) is 0.433. The maximum absolute atomic E-state index is 13.7. The second kappa shape index (κ2) is 11.4. The number of nitrogens with zero attached hydrogens (tertiary/aromatic N) is 7. The van der Waals surface area contributed by atoms with Crippen LogP contribution in [0.2, 0.25) is 0 Å². The molecule has 0 aromatic carbocycles. The van der Waals surface area contributed by atoms with Crippen LogP contribution in [0.25, 0.3) is 22.1 Å². The molecule has 4 heterocycles. The molecular weight excluding hydrogens is 598 g/mol. The van der Waals surface area contributed by atoms with Gasteiger partial charge in [0, 0.05) is 42.7 Å². The molecule has 2 aliphatic carbocycles. The lowest BCUT2D eigenvalue weighted by atomic mass is 10.2. The number of anilines is 3. The van der Waals surface area contributed by atoms with Crippen LogP contribution in [-0.4, -0.2) is 81.4 Å². The number of carbonyl (C=O) groups is 3. The van der Waals surface area contributed by atoms with Gasteiger partial charge in [-0.25, -0.2) is 33.8 Å². The molecule has 0 aliphatic heterocycles. The van der Waals surface area contributed by atoms with Crippen molar-refractivity contribution >= 4 is 57.7 Å². The van der Waals surface area contributed by atoms with Crippen molar-refractivity contribution < 1.29 is 34.1 Å². The molecule has 2 fully saturated rings. The first-order valence-electron chi connectivity index (χ1n) is 16.2. The Labute approximate surface area is 268 Å². The van der Waals surface area contributed by atoms with Gasteiger partial charge in [0.1, 0.15) is 11.6 Å². The summed E-state index contributed by atoms with van der Waals surface area (Å²) in [6.45, 7) is -2.84. The van der Waals surface area contributed by atoms with E-state index in [-0.39, 0.29) is 53.4 Å². The number of fused-ring (bicyclic) bond motifs is 2. The van der Waals surface area contributed by atoms with Crippen LogP contribution in [0.3, 0.4) is 0 Å². The lowest BCUT2D eigenvalue weighted by Gasteiger charge is -2.16. The van der Waals surface area contributed by atoms with Crippen molar-refractivity contribution in [3.8, 4) is 12.3 Å². The Morgan fingerprint density at radius 3 is 2.65 bits per heavy atom. The average Bonchev–Trinajstić information content (AvgIpc) is 3.33. The largest absolute Gasteiger partial charge is 0.467 e. The van der Waals surface area contributed by atoms with Crippen LogP contribution in [0.4, 0.5) is 27.0 Å². The maximum atomic E-state index is 13.7. The number of methoxy groups -OCH3 is 3. The van der Waals surface area contributed by atoms with E-state index in [0.29, 0.717) is 16.4 Å². The molecule has 0 spiro atoms. The minimum atomic E-state index is -2.84. The molecule has 2 amide bonds. The predicted molar refractivity (Wildman–Crippen MR) is 166 cm³/mol. The third-order valence-electron chi connectivity index (χ3n) is 8.43. The molecule has 4 aromatic rings. The standard InChI is InChI=1S/C30H33N9O7/c1-7-16-14-30(16,26(40)44-4)39-24-19(25(35-39)37(3)29(43)46-6)10-11-22(34-24)33-23-13-20-21(15-31-23)36(2)28(42)38(20)18-9-8-17(12-18)32-27(41)45-5/h1,10-11,13,15-18H,8-9,12,14H2,2-6H3,(H,32,41)(H,31,33,34)/t16-,17+,18+,30-/m0/s1/i2D3,17D. The quantitative estimate of drug-likeness (QED) is 0.173. The number of hydrogen-bond donors (Lipinski definition) is 2. The van der Waals surface area contributed by atoms with Gasteiger partial charge in [0.05, 0.1) is 51.2 Å². The Morgan fingerprint density at radius 1 is 1.17 bits per heavy atom. The van der Waals surface area contributed by atoms with E-state index in [1.807, 2.05) is 0 Å². The van der Waals surface area contributed by atoms with Gasteiger partial charge in [-0.1, -0.05) is 0 Å². The zero-order valence-electron chi connectivity index (χ0n) is 29.4. The summed E-state index contributed by atoms with van der Waals surface area (Å²) < 4.78 is 50.7. The molecule has 0 bridgehead atoms. The van der Waals surface area contributed by atoms with Crippen LogP contribution < -0.4 is 21.2 Å². The molecule has 4 aromatic heterocycles. The molecule has 0 unspecified atom stereocenters. The Kier molecular flexibility index (Phi) is 6.37. The molecule has 2 saturated carbocycles. The number of hydrogen-bond acceptors (Lipinski definition) is 11. The highest BCUT2D eigenvalue weighted by molar-refractivity contribution is 5.99. The summed E-state index contributed by atoms with van der Waals surface area (Å²) in [6, 6.07) is 2.62. The fourth-order valence-electron chi connectivity index (χ4n) is 6.00. The van der Waals surface area contributed by atoms with Crippen LogP contribution >= 0.6 is 0 Å². The van der Waals surface area contributed by atoms with Crippen molar-refractivity contribution in [1.82, 2.24) is 34.2 Å².